The Balaban J connectivity index is 1.39. The molecule has 0 bridgehead atoms. The zero-order valence-electron chi connectivity index (χ0n) is 14.8. The van der Waals surface area contributed by atoms with Crippen molar-refractivity contribution in [2.24, 2.45) is 11.8 Å². The molecule has 0 unspecified atom stereocenters. The summed E-state index contributed by atoms with van der Waals surface area (Å²) in [6.45, 7) is 2.82. The molecule has 0 N–H and O–H groups in total. The van der Waals surface area contributed by atoms with Gasteiger partial charge in [0.15, 0.2) is 0 Å². The zero-order chi connectivity index (χ0) is 17.9. The van der Waals surface area contributed by atoms with Gasteiger partial charge in [0.05, 0.1) is 13.1 Å². The Morgan fingerprint density at radius 1 is 0.923 bits per heavy atom. The van der Waals surface area contributed by atoms with Gasteiger partial charge in [0, 0.05) is 34.7 Å². The molecule has 1 saturated heterocycles. The van der Waals surface area contributed by atoms with Crippen molar-refractivity contribution in [3.8, 4) is 0 Å². The van der Waals surface area contributed by atoms with Crippen LogP contribution in [0.5, 0.6) is 0 Å². The highest BCUT2D eigenvalue weighted by Crippen LogP contribution is 2.33. The maximum Gasteiger partial charge on any atom is 0.226 e. The molecule has 138 valence electrons. The van der Waals surface area contributed by atoms with Gasteiger partial charge in [-0.1, -0.05) is 12.1 Å². The molecule has 1 aliphatic carbocycles. The van der Waals surface area contributed by atoms with Crippen molar-refractivity contribution in [3.05, 3.63) is 44.8 Å². The first-order chi connectivity index (χ1) is 12.7. The Bertz CT molecular complexity index is 694. The van der Waals surface area contributed by atoms with Gasteiger partial charge in [0.2, 0.25) is 11.8 Å². The van der Waals surface area contributed by atoms with Crippen molar-refractivity contribution in [2.75, 3.05) is 13.1 Å². The van der Waals surface area contributed by atoms with Crippen molar-refractivity contribution in [1.82, 2.24) is 9.80 Å². The van der Waals surface area contributed by atoms with Crippen molar-refractivity contribution >= 4 is 34.5 Å². The molecule has 2 aromatic rings. The van der Waals surface area contributed by atoms with Crippen LogP contribution in [-0.4, -0.2) is 34.7 Å². The molecule has 2 aliphatic rings. The van der Waals surface area contributed by atoms with E-state index in [0.29, 0.717) is 19.0 Å². The number of likely N-dealkylation sites (tertiary alicyclic amines) is 1. The standard InChI is InChI=1S/C20H24N2O2S2/c23-19(15-5-6-15)21-9-7-16(8-10-21)20(24)22(13-17-3-1-11-25-17)14-18-4-2-12-26-18/h1-4,11-12,15-16H,5-10,13-14H2. The van der Waals surface area contributed by atoms with E-state index in [1.807, 2.05) is 21.9 Å². The molecule has 2 amide bonds. The Morgan fingerprint density at radius 2 is 1.50 bits per heavy atom. The normalized spacial score (nSPS) is 18.1. The van der Waals surface area contributed by atoms with Gasteiger partial charge in [-0.3, -0.25) is 9.59 Å². The maximum absolute atomic E-state index is 13.2. The van der Waals surface area contributed by atoms with Gasteiger partial charge in [-0.25, -0.2) is 0 Å². The molecular weight excluding hydrogens is 364 g/mol. The summed E-state index contributed by atoms with van der Waals surface area (Å²) in [6, 6.07) is 8.26. The van der Waals surface area contributed by atoms with Gasteiger partial charge in [0.25, 0.3) is 0 Å². The Hall–Kier alpha value is -1.66. The van der Waals surface area contributed by atoms with Gasteiger partial charge in [-0.15, -0.1) is 22.7 Å². The number of carbonyl (C=O) groups is 2. The number of nitrogens with zero attached hydrogens (tertiary/aromatic N) is 2. The molecule has 2 aromatic heterocycles. The summed E-state index contributed by atoms with van der Waals surface area (Å²) >= 11 is 3.40. The van der Waals surface area contributed by atoms with Crippen LogP contribution in [0.4, 0.5) is 0 Å². The number of rotatable bonds is 6. The molecular formula is C20H24N2O2S2. The number of carbonyl (C=O) groups excluding carboxylic acids is 2. The quantitative estimate of drug-likeness (QED) is 0.751. The summed E-state index contributed by atoms with van der Waals surface area (Å²) in [5.41, 5.74) is 0. The van der Waals surface area contributed by atoms with E-state index in [1.54, 1.807) is 22.7 Å². The fraction of sp³-hybridized carbons (Fsp3) is 0.500. The predicted molar refractivity (Wildman–Crippen MR) is 105 cm³/mol. The van der Waals surface area contributed by atoms with Crippen molar-refractivity contribution in [1.29, 1.82) is 0 Å². The minimum Gasteiger partial charge on any atom is -0.342 e. The fourth-order valence-corrected chi connectivity index (χ4v) is 5.03. The lowest BCUT2D eigenvalue weighted by Crippen LogP contribution is -2.44. The lowest BCUT2D eigenvalue weighted by Gasteiger charge is -2.34. The van der Waals surface area contributed by atoms with Crippen molar-refractivity contribution < 1.29 is 9.59 Å². The fourth-order valence-electron chi connectivity index (χ4n) is 3.59. The van der Waals surface area contributed by atoms with E-state index >= 15 is 0 Å². The topological polar surface area (TPSA) is 40.6 Å². The summed E-state index contributed by atoms with van der Waals surface area (Å²) in [7, 11) is 0. The third kappa shape index (κ3) is 4.18. The first-order valence-electron chi connectivity index (χ1n) is 9.33. The second kappa shape index (κ2) is 7.92. The molecule has 0 aromatic carbocycles. The minimum absolute atomic E-state index is 0.0400. The third-order valence-electron chi connectivity index (χ3n) is 5.25. The van der Waals surface area contributed by atoms with Crippen LogP contribution < -0.4 is 0 Å². The number of thiophene rings is 2. The van der Waals surface area contributed by atoms with Crippen LogP contribution in [0.2, 0.25) is 0 Å². The minimum atomic E-state index is 0.0400. The van der Waals surface area contributed by atoms with Gasteiger partial charge in [-0.05, 0) is 48.6 Å². The molecule has 4 nitrogen and oxygen atoms in total. The molecule has 0 atom stereocenters. The first kappa shape index (κ1) is 17.7. The molecule has 2 fully saturated rings. The third-order valence-corrected chi connectivity index (χ3v) is 6.97. The lowest BCUT2D eigenvalue weighted by atomic mass is 9.94. The average molecular weight is 389 g/mol. The second-order valence-corrected chi connectivity index (χ2v) is 9.29. The maximum atomic E-state index is 13.2. The summed E-state index contributed by atoms with van der Waals surface area (Å²) < 4.78 is 0. The van der Waals surface area contributed by atoms with Crippen molar-refractivity contribution in [2.45, 2.75) is 38.8 Å². The molecule has 0 radical (unpaired) electrons. The van der Waals surface area contributed by atoms with E-state index in [2.05, 4.69) is 22.9 Å². The van der Waals surface area contributed by atoms with Crippen LogP contribution in [0.1, 0.15) is 35.4 Å². The first-order valence-corrected chi connectivity index (χ1v) is 11.1. The molecule has 3 heterocycles. The summed E-state index contributed by atoms with van der Waals surface area (Å²) in [4.78, 5) is 31.8. The van der Waals surface area contributed by atoms with Crippen LogP contribution in [0.3, 0.4) is 0 Å². The van der Waals surface area contributed by atoms with E-state index < -0.39 is 0 Å². The van der Waals surface area contributed by atoms with E-state index in [9.17, 15) is 9.59 Å². The summed E-state index contributed by atoms with van der Waals surface area (Å²) in [5, 5.41) is 4.12. The lowest BCUT2D eigenvalue weighted by molar-refractivity contribution is -0.142. The summed E-state index contributed by atoms with van der Waals surface area (Å²) in [5.74, 6) is 0.866. The van der Waals surface area contributed by atoms with Gasteiger partial charge >= 0.3 is 0 Å². The number of amides is 2. The van der Waals surface area contributed by atoms with Gasteiger partial charge in [-0.2, -0.15) is 0 Å². The number of hydrogen-bond donors (Lipinski definition) is 0. The molecule has 26 heavy (non-hydrogen) atoms. The van der Waals surface area contributed by atoms with Crippen LogP contribution in [0.15, 0.2) is 35.0 Å². The largest absolute Gasteiger partial charge is 0.342 e. The smallest absolute Gasteiger partial charge is 0.226 e. The Morgan fingerprint density at radius 3 is 1.96 bits per heavy atom. The van der Waals surface area contributed by atoms with E-state index in [-0.39, 0.29) is 17.7 Å². The predicted octanol–water partition coefficient (Wildman–Crippen LogP) is 3.99. The van der Waals surface area contributed by atoms with Crippen molar-refractivity contribution in [3.63, 3.8) is 0 Å². The molecule has 6 heteroatoms. The van der Waals surface area contributed by atoms with Crippen LogP contribution in [0.25, 0.3) is 0 Å². The van der Waals surface area contributed by atoms with Crippen LogP contribution in [0, 0.1) is 11.8 Å². The monoisotopic (exact) mass is 388 g/mol. The van der Waals surface area contributed by atoms with E-state index in [1.165, 1.54) is 9.75 Å². The van der Waals surface area contributed by atoms with Crippen LogP contribution in [-0.2, 0) is 22.7 Å². The summed E-state index contributed by atoms with van der Waals surface area (Å²) in [6.07, 6.45) is 3.69. The SMILES string of the molecule is O=C(C1CC1)N1CCC(C(=O)N(Cc2cccs2)Cc2cccs2)CC1. The zero-order valence-corrected chi connectivity index (χ0v) is 16.4. The highest BCUT2D eigenvalue weighted by atomic mass is 32.1. The molecule has 4 rings (SSSR count). The molecule has 0 spiro atoms. The Labute approximate surface area is 162 Å². The van der Waals surface area contributed by atoms with Gasteiger partial charge < -0.3 is 9.80 Å². The second-order valence-electron chi connectivity index (χ2n) is 7.23. The highest BCUT2D eigenvalue weighted by Gasteiger charge is 2.36. The number of piperidine rings is 1. The van der Waals surface area contributed by atoms with Gasteiger partial charge in [0.1, 0.15) is 0 Å². The highest BCUT2D eigenvalue weighted by molar-refractivity contribution is 7.10. The van der Waals surface area contributed by atoms with E-state index in [0.717, 1.165) is 38.8 Å². The molecule has 1 saturated carbocycles. The average Bonchev–Trinajstić information content (AvgIpc) is 3.15. The molecule has 1 aliphatic heterocycles. The van der Waals surface area contributed by atoms with E-state index in [4.69, 9.17) is 0 Å². The Kier molecular flexibility index (Phi) is 5.41. The van der Waals surface area contributed by atoms with Crippen LogP contribution >= 0.6 is 22.7 Å². The number of hydrogen-bond acceptors (Lipinski definition) is 4.